The minimum Gasteiger partial charge on any atom is -0.323 e. The first-order valence-electron chi connectivity index (χ1n) is 6.80. The zero-order valence-electron chi connectivity index (χ0n) is 11.0. The van der Waals surface area contributed by atoms with Crippen molar-refractivity contribution >= 4 is 22.6 Å². The number of hydrogen-bond acceptors (Lipinski definition) is 2. The fraction of sp³-hybridized carbons (Fsp3) is 0.250. The number of imidazole rings is 1. The van der Waals surface area contributed by atoms with Gasteiger partial charge in [0.2, 0.25) is 0 Å². The van der Waals surface area contributed by atoms with E-state index in [1.54, 1.807) is 0 Å². The number of fused-ring (bicyclic) bond motifs is 2. The Morgan fingerprint density at radius 1 is 1.15 bits per heavy atom. The van der Waals surface area contributed by atoms with Crippen molar-refractivity contribution in [2.45, 2.75) is 24.8 Å². The van der Waals surface area contributed by atoms with Crippen LogP contribution in [-0.4, -0.2) is 14.5 Å². The molecule has 0 amide bonds. The molecular weight excluding hydrogens is 270 g/mol. The van der Waals surface area contributed by atoms with E-state index in [9.17, 15) is 0 Å². The number of pyridine rings is 1. The van der Waals surface area contributed by atoms with Gasteiger partial charge in [0.1, 0.15) is 11.3 Å². The van der Waals surface area contributed by atoms with Crippen LogP contribution in [0.2, 0.25) is 0 Å². The Hall–Kier alpha value is -1.87. The van der Waals surface area contributed by atoms with Crippen LogP contribution in [0.5, 0.6) is 0 Å². The molecular formula is C16H14ClN3. The molecule has 3 nitrogen and oxygen atoms in total. The maximum absolute atomic E-state index is 6.09. The molecule has 1 aromatic carbocycles. The zero-order chi connectivity index (χ0) is 13.5. The van der Waals surface area contributed by atoms with Crippen molar-refractivity contribution in [1.82, 2.24) is 14.5 Å². The van der Waals surface area contributed by atoms with Crippen molar-refractivity contribution in [2.24, 2.45) is 0 Å². The van der Waals surface area contributed by atoms with Crippen molar-refractivity contribution in [3.8, 4) is 0 Å². The van der Waals surface area contributed by atoms with Crippen LogP contribution in [0.1, 0.15) is 23.0 Å². The molecule has 1 aliphatic rings. The van der Waals surface area contributed by atoms with E-state index in [0.29, 0.717) is 11.9 Å². The summed E-state index contributed by atoms with van der Waals surface area (Å²) in [5.74, 6) is 1.37. The number of nitrogens with zero attached hydrogens (tertiary/aromatic N) is 3. The van der Waals surface area contributed by atoms with E-state index < -0.39 is 0 Å². The molecule has 2 heterocycles. The molecule has 4 heteroatoms. The van der Waals surface area contributed by atoms with Gasteiger partial charge in [0.25, 0.3) is 0 Å². The topological polar surface area (TPSA) is 30.7 Å². The van der Waals surface area contributed by atoms with Crippen LogP contribution in [0, 0.1) is 0 Å². The molecule has 2 aromatic heterocycles. The van der Waals surface area contributed by atoms with Gasteiger partial charge in [-0.25, -0.2) is 4.98 Å². The molecule has 0 saturated heterocycles. The van der Waals surface area contributed by atoms with Gasteiger partial charge in [-0.15, -0.1) is 11.6 Å². The van der Waals surface area contributed by atoms with Crippen LogP contribution in [0.4, 0.5) is 0 Å². The summed E-state index contributed by atoms with van der Waals surface area (Å²) in [6.07, 6.45) is 5.73. The lowest BCUT2D eigenvalue weighted by molar-refractivity contribution is 0.528. The number of rotatable bonds is 2. The second-order valence-electron chi connectivity index (χ2n) is 5.23. The quantitative estimate of drug-likeness (QED) is 0.674. The summed E-state index contributed by atoms with van der Waals surface area (Å²) in [6, 6.07) is 11.1. The van der Waals surface area contributed by atoms with E-state index in [0.717, 1.165) is 29.7 Å². The summed E-state index contributed by atoms with van der Waals surface area (Å²) >= 11 is 6.09. The molecule has 0 atom stereocenters. The Balaban J connectivity index is 1.84. The smallest absolute Gasteiger partial charge is 0.125 e. The van der Waals surface area contributed by atoms with E-state index in [4.69, 9.17) is 11.6 Å². The van der Waals surface area contributed by atoms with Crippen molar-refractivity contribution in [1.29, 1.82) is 0 Å². The summed E-state index contributed by atoms with van der Waals surface area (Å²) in [4.78, 5) is 8.76. The number of aromatic nitrogens is 3. The van der Waals surface area contributed by atoms with E-state index in [1.807, 2.05) is 18.5 Å². The minimum atomic E-state index is 0.411. The fourth-order valence-corrected chi connectivity index (χ4v) is 3.41. The number of alkyl halides is 1. The first kappa shape index (κ1) is 11.9. The van der Waals surface area contributed by atoms with Crippen LogP contribution in [0.15, 0.2) is 42.7 Å². The second-order valence-corrected chi connectivity index (χ2v) is 5.49. The summed E-state index contributed by atoms with van der Waals surface area (Å²) in [7, 11) is 0. The standard InChI is InChI=1S/C16H14ClN3/c17-9-16-19-14-10-18-6-5-15(14)20(16)13-7-11-3-1-2-4-12(11)8-13/h1-6,10,13H,7-9H2. The van der Waals surface area contributed by atoms with Crippen LogP contribution in [0.25, 0.3) is 11.0 Å². The van der Waals surface area contributed by atoms with Gasteiger partial charge < -0.3 is 4.57 Å². The highest BCUT2D eigenvalue weighted by molar-refractivity contribution is 6.16. The molecule has 0 spiro atoms. The Bertz CT molecular complexity index is 753. The number of halogens is 1. The Morgan fingerprint density at radius 3 is 2.60 bits per heavy atom. The highest BCUT2D eigenvalue weighted by Gasteiger charge is 2.25. The van der Waals surface area contributed by atoms with Gasteiger partial charge in [-0.1, -0.05) is 24.3 Å². The summed E-state index contributed by atoms with van der Waals surface area (Å²) in [6.45, 7) is 0. The van der Waals surface area contributed by atoms with E-state index in [2.05, 4.69) is 38.8 Å². The number of benzene rings is 1. The highest BCUT2D eigenvalue weighted by Crippen LogP contribution is 2.33. The lowest BCUT2D eigenvalue weighted by atomic mass is 10.1. The molecule has 0 saturated carbocycles. The predicted molar refractivity (Wildman–Crippen MR) is 80.0 cm³/mol. The Labute approximate surface area is 122 Å². The van der Waals surface area contributed by atoms with Gasteiger partial charge in [0.05, 0.1) is 17.6 Å². The highest BCUT2D eigenvalue weighted by atomic mass is 35.5. The van der Waals surface area contributed by atoms with E-state index in [1.165, 1.54) is 11.1 Å². The van der Waals surface area contributed by atoms with E-state index >= 15 is 0 Å². The molecule has 0 unspecified atom stereocenters. The molecule has 4 rings (SSSR count). The van der Waals surface area contributed by atoms with Gasteiger partial charge in [-0.3, -0.25) is 4.98 Å². The Kier molecular flexibility index (Phi) is 2.74. The van der Waals surface area contributed by atoms with Gasteiger partial charge in [0, 0.05) is 12.2 Å². The molecule has 0 radical (unpaired) electrons. The third-order valence-corrected chi connectivity index (χ3v) is 4.32. The fourth-order valence-electron chi connectivity index (χ4n) is 3.22. The van der Waals surface area contributed by atoms with Crippen molar-refractivity contribution in [2.75, 3.05) is 0 Å². The summed E-state index contributed by atoms with van der Waals surface area (Å²) < 4.78 is 2.30. The largest absolute Gasteiger partial charge is 0.323 e. The maximum Gasteiger partial charge on any atom is 0.125 e. The predicted octanol–water partition coefficient (Wildman–Crippen LogP) is 3.51. The average Bonchev–Trinajstić information content (AvgIpc) is 3.07. The zero-order valence-corrected chi connectivity index (χ0v) is 11.7. The molecule has 20 heavy (non-hydrogen) atoms. The molecule has 3 aromatic rings. The average molecular weight is 284 g/mol. The molecule has 0 N–H and O–H groups in total. The van der Waals surface area contributed by atoms with Crippen LogP contribution >= 0.6 is 11.6 Å². The van der Waals surface area contributed by atoms with Gasteiger partial charge in [-0.2, -0.15) is 0 Å². The molecule has 0 bridgehead atoms. The van der Waals surface area contributed by atoms with Crippen molar-refractivity contribution in [3.05, 3.63) is 59.7 Å². The summed E-state index contributed by atoms with van der Waals surface area (Å²) in [5, 5.41) is 0. The third kappa shape index (κ3) is 1.74. The van der Waals surface area contributed by atoms with Crippen molar-refractivity contribution in [3.63, 3.8) is 0 Å². The molecule has 0 aliphatic heterocycles. The SMILES string of the molecule is ClCc1nc2cnccc2n1C1Cc2ccccc2C1. The maximum atomic E-state index is 6.09. The third-order valence-electron chi connectivity index (χ3n) is 4.08. The lowest BCUT2D eigenvalue weighted by Gasteiger charge is -2.15. The first-order valence-corrected chi connectivity index (χ1v) is 7.34. The van der Waals surface area contributed by atoms with Gasteiger partial charge >= 0.3 is 0 Å². The lowest BCUT2D eigenvalue weighted by Crippen LogP contribution is -2.11. The molecule has 1 aliphatic carbocycles. The van der Waals surface area contributed by atoms with Crippen LogP contribution in [-0.2, 0) is 18.7 Å². The van der Waals surface area contributed by atoms with Gasteiger partial charge in [-0.05, 0) is 30.0 Å². The normalized spacial score (nSPS) is 14.8. The number of hydrogen-bond donors (Lipinski definition) is 0. The van der Waals surface area contributed by atoms with Gasteiger partial charge in [0.15, 0.2) is 0 Å². The first-order chi connectivity index (χ1) is 9.86. The van der Waals surface area contributed by atoms with Crippen LogP contribution in [0.3, 0.4) is 0 Å². The molecule has 100 valence electrons. The Morgan fingerprint density at radius 2 is 1.90 bits per heavy atom. The van der Waals surface area contributed by atoms with Crippen LogP contribution < -0.4 is 0 Å². The van der Waals surface area contributed by atoms with E-state index in [-0.39, 0.29) is 0 Å². The molecule has 0 fully saturated rings. The summed E-state index contributed by atoms with van der Waals surface area (Å²) in [5.41, 5.74) is 4.94. The minimum absolute atomic E-state index is 0.411. The second kappa shape index (κ2) is 4.60. The van der Waals surface area contributed by atoms with Crippen molar-refractivity contribution < 1.29 is 0 Å². The monoisotopic (exact) mass is 283 g/mol.